The van der Waals surface area contributed by atoms with E-state index in [-0.39, 0.29) is 21.0 Å². The Hall–Kier alpha value is -6.49. The number of hydrogen-bond donors (Lipinski definition) is 0. The van der Waals surface area contributed by atoms with E-state index in [1.807, 2.05) is 79.3 Å². The molecule has 2 saturated carbocycles. The van der Waals surface area contributed by atoms with Gasteiger partial charge in [-0.15, -0.1) is 0 Å². The van der Waals surface area contributed by atoms with Crippen LogP contribution in [0.4, 0.5) is 4.39 Å². The van der Waals surface area contributed by atoms with Crippen LogP contribution >= 0.6 is 0 Å². The zero-order valence-corrected chi connectivity index (χ0v) is 38.3. The van der Waals surface area contributed by atoms with Crippen molar-refractivity contribution >= 4 is 31.0 Å². The largest absolute Gasteiger partial charge is 0.487 e. The van der Waals surface area contributed by atoms with Gasteiger partial charge in [0.2, 0.25) is 0 Å². The summed E-state index contributed by atoms with van der Waals surface area (Å²) in [6.07, 6.45) is 17.8. The molecular formula is C50H48FN7O6S2. The molecule has 0 spiro atoms. The molecule has 5 heterocycles. The maximum Gasteiger partial charge on any atom is 0.175 e. The number of aromatic nitrogens is 6. The Labute approximate surface area is 382 Å². The fourth-order valence-corrected chi connectivity index (χ4v) is 9.65. The minimum atomic E-state index is -3.31. The lowest BCUT2D eigenvalue weighted by Gasteiger charge is -2.37. The second-order valence-electron chi connectivity index (χ2n) is 17.7. The summed E-state index contributed by atoms with van der Waals surface area (Å²) < 4.78 is 76.6. The van der Waals surface area contributed by atoms with Gasteiger partial charge in [-0.05, 0) is 103 Å². The monoisotopic (exact) mass is 925 g/mol. The first-order valence-electron chi connectivity index (χ1n) is 21.9. The van der Waals surface area contributed by atoms with Gasteiger partial charge in [0.05, 0.1) is 22.2 Å². The first-order chi connectivity index (χ1) is 31.6. The normalized spacial score (nSPS) is 16.6. The average Bonchev–Trinajstić information content (AvgIpc) is 4.16. The fraction of sp³-hybridized carbons (Fsp3) is 0.280. The van der Waals surface area contributed by atoms with Gasteiger partial charge >= 0.3 is 0 Å². The van der Waals surface area contributed by atoms with Crippen LogP contribution in [0.15, 0.2) is 144 Å². The fourth-order valence-electron chi connectivity index (χ4n) is 8.32. The molecule has 0 atom stereocenters. The molecule has 0 bridgehead atoms. The third-order valence-corrected chi connectivity index (χ3v) is 14.8. The molecule has 0 N–H and O–H groups in total. The molecule has 3 aliphatic rings. The highest BCUT2D eigenvalue weighted by Crippen LogP contribution is 2.44. The Morgan fingerprint density at radius 1 is 0.591 bits per heavy atom. The van der Waals surface area contributed by atoms with Crippen molar-refractivity contribution in [2.24, 2.45) is 0 Å². The van der Waals surface area contributed by atoms with Crippen LogP contribution in [0.3, 0.4) is 0 Å². The van der Waals surface area contributed by atoms with Gasteiger partial charge in [-0.2, -0.15) is 10.2 Å². The van der Waals surface area contributed by atoms with Crippen LogP contribution in [0.1, 0.15) is 39.0 Å². The standard InChI is InChI=1S/C26H25FN4O3S.C24H23N3O3S/c1-35(32,33)23-4-2-3-19(11-23)24-13-29-31-14-20(12-28-25(24)31)18-5-7-22(8-6-18)34-26(9-10-26)17-30-15-21(27)16-30;1-3-24(11-12-24)30-20-9-7-17(8-10-20)19-14-25-23-22(15-26-27(23)16-19)18-5-4-6-21(13-18)31(2,28)29/h2-8,11-14,21H,9-10,15-17H2,1H3;4-10,13-16H,3,11-12H2,1-2H3. The van der Waals surface area contributed by atoms with Crippen molar-refractivity contribution in [2.45, 2.75) is 66.2 Å². The molecule has 0 unspecified atom stereocenters. The van der Waals surface area contributed by atoms with Crippen molar-refractivity contribution < 1.29 is 30.7 Å². The van der Waals surface area contributed by atoms with Gasteiger partial charge in [0.1, 0.15) is 28.9 Å². The molecule has 4 aromatic carbocycles. The summed E-state index contributed by atoms with van der Waals surface area (Å²) in [5, 5.41) is 8.88. The first kappa shape index (κ1) is 43.4. The Balaban J connectivity index is 0.000000156. The van der Waals surface area contributed by atoms with Crippen molar-refractivity contribution in [1.82, 2.24) is 34.1 Å². The van der Waals surface area contributed by atoms with Crippen LogP contribution < -0.4 is 9.47 Å². The van der Waals surface area contributed by atoms with Crippen LogP contribution in [0.5, 0.6) is 11.5 Å². The second kappa shape index (κ2) is 16.7. The Morgan fingerprint density at radius 2 is 1.03 bits per heavy atom. The van der Waals surface area contributed by atoms with Gasteiger partial charge in [0.15, 0.2) is 31.0 Å². The molecule has 8 aromatic rings. The number of alkyl halides is 1. The molecular weight excluding hydrogens is 878 g/mol. The molecule has 0 amide bonds. The van der Waals surface area contributed by atoms with Crippen molar-refractivity contribution in [1.29, 1.82) is 0 Å². The average molecular weight is 926 g/mol. The van der Waals surface area contributed by atoms with Crippen LogP contribution in [0.2, 0.25) is 0 Å². The van der Waals surface area contributed by atoms with E-state index in [2.05, 4.69) is 32.0 Å². The number of ether oxygens (including phenoxy) is 2. The quantitative estimate of drug-likeness (QED) is 0.109. The van der Waals surface area contributed by atoms with Crippen molar-refractivity contribution in [3.63, 3.8) is 0 Å². The summed E-state index contributed by atoms with van der Waals surface area (Å²) in [7, 11) is -6.59. The van der Waals surface area contributed by atoms with E-state index in [1.165, 1.54) is 12.5 Å². The van der Waals surface area contributed by atoms with Crippen LogP contribution in [-0.4, -0.2) is 100 Å². The van der Waals surface area contributed by atoms with Crippen molar-refractivity contribution in [3.8, 4) is 56.0 Å². The molecule has 2 aliphatic carbocycles. The van der Waals surface area contributed by atoms with Gasteiger partial charge in [-0.1, -0.05) is 55.5 Å². The molecule has 1 aliphatic heterocycles. The summed E-state index contributed by atoms with van der Waals surface area (Å²) in [4.78, 5) is 11.9. The second-order valence-corrected chi connectivity index (χ2v) is 21.7. The Bertz CT molecular complexity index is 3320. The minimum Gasteiger partial charge on any atom is -0.487 e. The predicted octanol–water partition coefficient (Wildman–Crippen LogP) is 8.82. The predicted molar refractivity (Wildman–Crippen MR) is 251 cm³/mol. The molecule has 4 aromatic heterocycles. The molecule has 16 heteroatoms. The molecule has 1 saturated heterocycles. The molecule has 66 heavy (non-hydrogen) atoms. The number of rotatable bonds is 13. The molecule has 11 rings (SSSR count). The molecule has 0 radical (unpaired) electrons. The van der Waals surface area contributed by atoms with Gasteiger partial charge < -0.3 is 9.47 Å². The molecule has 338 valence electrons. The summed E-state index contributed by atoms with van der Waals surface area (Å²) in [5.74, 6) is 1.70. The van der Waals surface area contributed by atoms with E-state index in [1.54, 1.807) is 64.0 Å². The maximum absolute atomic E-state index is 13.1. The van der Waals surface area contributed by atoms with Crippen LogP contribution in [0.25, 0.3) is 55.8 Å². The van der Waals surface area contributed by atoms with Crippen LogP contribution in [0, 0.1) is 0 Å². The maximum atomic E-state index is 13.1. The number of fused-ring (bicyclic) bond motifs is 2. The van der Waals surface area contributed by atoms with Crippen molar-refractivity contribution in [3.05, 3.63) is 134 Å². The number of benzene rings is 4. The van der Waals surface area contributed by atoms with E-state index in [0.717, 1.165) is 94.7 Å². The number of likely N-dealkylation sites (tertiary alicyclic amines) is 1. The smallest absolute Gasteiger partial charge is 0.175 e. The minimum absolute atomic E-state index is 0.0435. The number of hydrogen-bond acceptors (Lipinski definition) is 11. The lowest BCUT2D eigenvalue weighted by molar-refractivity contribution is 0.0214. The molecule has 13 nitrogen and oxygen atoms in total. The third kappa shape index (κ3) is 9.17. The highest BCUT2D eigenvalue weighted by atomic mass is 32.2. The zero-order valence-electron chi connectivity index (χ0n) is 36.7. The van der Waals surface area contributed by atoms with Gasteiger partial charge in [0, 0.05) is 79.2 Å². The molecule has 3 fully saturated rings. The summed E-state index contributed by atoms with van der Waals surface area (Å²) in [6, 6.07) is 29.6. The third-order valence-electron chi connectivity index (χ3n) is 12.6. The first-order valence-corrected chi connectivity index (χ1v) is 25.7. The highest BCUT2D eigenvalue weighted by molar-refractivity contribution is 7.91. The number of sulfone groups is 2. The lowest BCUT2D eigenvalue weighted by Crippen LogP contribution is -2.52. The van der Waals surface area contributed by atoms with E-state index in [0.29, 0.717) is 24.4 Å². The van der Waals surface area contributed by atoms with E-state index >= 15 is 0 Å². The van der Waals surface area contributed by atoms with Gasteiger partial charge in [-0.25, -0.2) is 40.2 Å². The number of halogens is 1. The van der Waals surface area contributed by atoms with Gasteiger partial charge in [0.25, 0.3) is 0 Å². The zero-order chi connectivity index (χ0) is 45.8. The number of nitrogens with zero attached hydrogens (tertiary/aromatic N) is 7. The Morgan fingerprint density at radius 3 is 1.42 bits per heavy atom. The highest BCUT2D eigenvalue weighted by Gasteiger charge is 2.48. The summed E-state index contributed by atoms with van der Waals surface area (Å²) in [5.41, 5.74) is 8.11. The van der Waals surface area contributed by atoms with E-state index in [9.17, 15) is 21.2 Å². The van der Waals surface area contributed by atoms with E-state index < -0.39 is 25.8 Å². The lowest BCUT2D eigenvalue weighted by atomic mass is 10.1. The topological polar surface area (TPSA) is 150 Å². The Kier molecular flexibility index (Phi) is 11.0. The van der Waals surface area contributed by atoms with Gasteiger partial charge in [-0.3, -0.25) is 4.90 Å². The van der Waals surface area contributed by atoms with E-state index in [4.69, 9.17) is 9.47 Å². The van der Waals surface area contributed by atoms with Crippen LogP contribution in [-0.2, 0) is 19.7 Å². The van der Waals surface area contributed by atoms with Crippen molar-refractivity contribution in [2.75, 3.05) is 32.1 Å². The summed E-state index contributed by atoms with van der Waals surface area (Å²) in [6.45, 7) is 3.97. The summed E-state index contributed by atoms with van der Waals surface area (Å²) >= 11 is 0. The SMILES string of the molecule is CCC1(Oc2ccc(-c3cnc4c(-c5cccc(S(C)(=O)=O)c5)cnn4c3)cc2)CC1.CS(=O)(=O)c1cccc(-c2cnn3cc(-c4ccc(OC5(CN6CC(F)C6)CC5)cc4)cnc23)c1.